The normalized spacial score (nSPS) is 19.1. The highest BCUT2D eigenvalue weighted by atomic mass is 35.5. The SMILES string of the molecule is CC(C)(C(=O)N1CC[C@H](C(=O)O)C1)c1cccc(Cl)c1. The minimum Gasteiger partial charge on any atom is -0.481 e. The van der Waals surface area contributed by atoms with Crippen molar-refractivity contribution in [1.82, 2.24) is 4.90 Å². The van der Waals surface area contributed by atoms with Crippen molar-refractivity contribution in [2.24, 2.45) is 5.92 Å². The van der Waals surface area contributed by atoms with Gasteiger partial charge in [0.15, 0.2) is 0 Å². The third-order valence-electron chi connectivity index (χ3n) is 3.91. The Morgan fingerprint density at radius 3 is 2.65 bits per heavy atom. The highest BCUT2D eigenvalue weighted by molar-refractivity contribution is 6.30. The van der Waals surface area contributed by atoms with Crippen molar-refractivity contribution in [1.29, 1.82) is 0 Å². The first-order valence-electron chi connectivity index (χ1n) is 6.60. The zero-order valence-electron chi connectivity index (χ0n) is 11.6. The van der Waals surface area contributed by atoms with Crippen molar-refractivity contribution in [2.45, 2.75) is 25.7 Å². The molecule has 1 fully saturated rings. The number of hydrogen-bond donors (Lipinski definition) is 1. The van der Waals surface area contributed by atoms with Crippen molar-refractivity contribution < 1.29 is 14.7 Å². The molecule has 1 atom stereocenters. The number of hydrogen-bond acceptors (Lipinski definition) is 2. The number of rotatable bonds is 3. The van der Waals surface area contributed by atoms with E-state index >= 15 is 0 Å². The zero-order valence-corrected chi connectivity index (χ0v) is 12.4. The molecule has 1 N–H and O–H groups in total. The van der Waals surface area contributed by atoms with Gasteiger partial charge in [-0.3, -0.25) is 9.59 Å². The maximum Gasteiger partial charge on any atom is 0.308 e. The van der Waals surface area contributed by atoms with Gasteiger partial charge in [0.1, 0.15) is 0 Å². The van der Waals surface area contributed by atoms with Crippen LogP contribution in [-0.4, -0.2) is 35.0 Å². The zero-order chi connectivity index (χ0) is 14.9. The van der Waals surface area contributed by atoms with E-state index in [-0.39, 0.29) is 12.5 Å². The van der Waals surface area contributed by atoms with Crippen LogP contribution in [0.15, 0.2) is 24.3 Å². The molecule has 0 saturated carbocycles. The maximum atomic E-state index is 12.6. The molecule has 1 saturated heterocycles. The first-order chi connectivity index (χ1) is 9.32. The molecule has 4 nitrogen and oxygen atoms in total. The number of carbonyl (C=O) groups is 2. The molecule has 2 rings (SSSR count). The van der Waals surface area contributed by atoms with E-state index in [1.807, 2.05) is 26.0 Å². The number of nitrogens with zero attached hydrogens (tertiary/aromatic N) is 1. The number of amides is 1. The molecule has 1 aromatic carbocycles. The van der Waals surface area contributed by atoms with Gasteiger partial charge >= 0.3 is 5.97 Å². The summed E-state index contributed by atoms with van der Waals surface area (Å²) in [6.45, 7) is 4.47. The lowest BCUT2D eigenvalue weighted by atomic mass is 9.83. The molecule has 1 aliphatic heterocycles. The molecule has 1 aliphatic rings. The molecule has 0 aromatic heterocycles. The smallest absolute Gasteiger partial charge is 0.308 e. The van der Waals surface area contributed by atoms with E-state index in [0.717, 1.165) is 5.56 Å². The van der Waals surface area contributed by atoms with Gasteiger partial charge in [-0.1, -0.05) is 23.7 Å². The second-order valence-corrected chi connectivity index (χ2v) is 6.15. The Hall–Kier alpha value is -1.55. The summed E-state index contributed by atoms with van der Waals surface area (Å²) in [7, 11) is 0. The van der Waals surface area contributed by atoms with E-state index < -0.39 is 17.3 Å². The largest absolute Gasteiger partial charge is 0.481 e. The third-order valence-corrected chi connectivity index (χ3v) is 4.14. The highest BCUT2D eigenvalue weighted by Gasteiger charge is 2.38. The second kappa shape index (κ2) is 5.44. The van der Waals surface area contributed by atoms with E-state index in [2.05, 4.69) is 0 Å². The van der Waals surface area contributed by atoms with Gasteiger partial charge in [-0.2, -0.15) is 0 Å². The Bertz CT molecular complexity index is 542. The predicted molar refractivity (Wildman–Crippen MR) is 76.8 cm³/mol. The molecule has 1 amide bonds. The van der Waals surface area contributed by atoms with Gasteiger partial charge in [0.2, 0.25) is 5.91 Å². The number of benzene rings is 1. The van der Waals surface area contributed by atoms with E-state index in [0.29, 0.717) is 18.0 Å². The quantitative estimate of drug-likeness (QED) is 0.932. The first kappa shape index (κ1) is 14.9. The summed E-state index contributed by atoms with van der Waals surface area (Å²) < 4.78 is 0. The lowest BCUT2D eigenvalue weighted by Gasteiger charge is -2.29. The standard InChI is InChI=1S/C15H18ClNO3/c1-15(2,11-4-3-5-12(16)8-11)14(20)17-7-6-10(9-17)13(18)19/h3-5,8,10H,6-7,9H2,1-2H3,(H,18,19)/t10-/m0/s1. The Labute approximate surface area is 123 Å². The van der Waals surface area contributed by atoms with Gasteiger partial charge in [0.05, 0.1) is 11.3 Å². The molecule has 0 aliphatic carbocycles. The predicted octanol–water partition coefficient (Wildman–Crippen LogP) is 2.55. The minimum atomic E-state index is -0.833. The fourth-order valence-corrected chi connectivity index (χ4v) is 2.73. The maximum absolute atomic E-state index is 12.6. The molecule has 20 heavy (non-hydrogen) atoms. The molecule has 0 bridgehead atoms. The summed E-state index contributed by atoms with van der Waals surface area (Å²) in [5.41, 5.74) is 0.131. The van der Waals surface area contributed by atoms with E-state index in [9.17, 15) is 9.59 Å². The molecule has 1 heterocycles. The summed E-state index contributed by atoms with van der Waals surface area (Å²) in [4.78, 5) is 25.3. The van der Waals surface area contributed by atoms with Gasteiger partial charge in [-0.25, -0.2) is 0 Å². The molecule has 1 aromatic rings. The van der Waals surface area contributed by atoms with Crippen molar-refractivity contribution in [3.63, 3.8) is 0 Å². The first-order valence-corrected chi connectivity index (χ1v) is 6.98. The van der Waals surface area contributed by atoms with E-state index in [1.54, 1.807) is 17.0 Å². The van der Waals surface area contributed by atoms with Gasteiger partial charge in [0, 0.05) is 18.1 Å². The number of carboxylic acids is 1. The fourth-order valence-electron chi connectivity index (χ4n) is 2.54. The average molecular weight is 296 g/mol. The topological polar surface area (TPSA) is 57.6 Å². The second-order valence-electron chi connectivity index (χ2n) is 5.71. The molecule has 108 valence electrons. The molecular weight excluding hydrogens is 278 g/mol. The molecular formula is C15H18ClNO3. The van der Waals surface area contributed by atoms with Crippen molar-refractivity contribution in [3.05, 3.63) is 34.9 Å². The summed E-state index contributed by atoms with van der Waals surface area (Å²) in [5.74, 6) is -1.33. The van der Waals surface area contributed by atoms with Crippen LogP contribution >= 0.6 is 11.6 Å². The van der Waals surface area contributed by atoms with Crippen LogP contribution in [0, 0.1) is 5.92 Å². The lowest BCUT2D eigenvalue weighted by molar-refractivity contribution is -0.141. The summed E-state index contributed by atoms with van der Waals surface area (Å²) in [6.07, 6.45) is 0.521. The van der Waals surface area contributed by atoms with Crippen molar-refractivity contribution in [2.75, 3.05) is 13.1 Å². The van der Waals surface area contributed by atoms with Crippen LogP contribution in [0.5, 0.6) is 0 Å². The van der Waals surface area contributed by atoms with Crippen LogP contribution in [0.1, 0.15) is 25.8 Å². The summed E-state index contributed by atoms with van der Waals surface area (Å²) in [6, 6.07) is 7.23. The number of aliphatic carboxylic acids is 1. The number of carboxylic acid groups (broad SMARTS) is 1. The molecule has 0 unspecified atom stereocenters. The molecule has 0 spiro atoms. The number of halogens is 1. The van der Waals surface area contributed by atoms with E-state index in [1.165, 1.54) is 0 Å². The Balaban J connectivity index is 2.18. The third kappa shape index (κ3) is 2.80. The molecule has 0 radical (unpaired) electrons. The van der Waals surface area contributed by atoms with Gasteiger partial charge in [-0.05, 0) is 38.0 Å². The monoisotopic (exact) mass is 295 g/mol. The van der Waals surface area contributed by atoms with E-state index in [4.69, 9.17) is 16.7 Å². The van der Waals surface area contributed by atoms with Crippen molar-refractivity contribution >= 4 is 23.5 Å². The number of carbonyl (C=O) groups excluding carboxylic acids is 1. The van der Waals surface area contributed by atoms with Crippen LogP contribution < -0.4 is 0 Å². The van der Waals surface area contributed by atoms with Gasteiger partial charge in [0.25, 0.3) is 0 Å². The highest BCUT2D eigenvalue weighted by Crippen LogP contribution is 2.30. The fraction of sp³-hybridized carbons (Fsp3) is 0.467. The lowest BCUT2D eigenvalue weighted by Crippen LogP contribution is -2.42. The minimum absolute atomic E-state index is 0.0523. The average Bonchev–Trinajstić information content (AvgIpc) is 2.87. The van der Waals surface area contributed by atoms with Crippen LogP contribution in [-0.2, 0) is 15.0 Å². The van der Waals surface area contributed by atoms with Gasteiger partial charge < -0.3 is 10.0 Å². The molecule has 5 heteroatoms. The van der Waals surface area contributed by atoms with Crippen LogP contribution in [0.2, 0.25) is 5.02 Å². The van der Waals surface area contributed by atoms with Crippen LogP contribution in [0.25, 0.3) is 0 Å². The number of likely N-dealkylation sites (tertiary alicyclic amines) is 1. The Morgan fingerprint density at radius 1 is 1.40 bits per heavy atom. The Kier molecular flexibility index (Phi) is 4.04. The van der Waals surface area contributed by atoms with Crippen LogP contribution in [0.3, 0.4) is 0 Å². The van der Waals surface area contributed by atoms with Crippen LogP contribution in [0.4, 0.5) is 0 Å². The van der Waals surface area contributed by atoms with Crippen molar-refractivity contribution in [3.8, 4) is 0 Å². The summed E-state index contributed by atoms with van der Waals surface area (Å²) >= 11 is 5.98. The summed E-state index contributed by atoms with van der Waals surface area (Å²) in [5, 5.41) is 9.60. The van der Waals surface area contributed by atoms with Gasteiger partial charge in [-0.15, -0.1) is 0 Å². The Morgan fingerprint density at radius 2 is 2.10 bits per heavy atom.